The number of anilines is 1. The molecule has 1 aromatic carbocycles. The molecule has 1 fully saturated rings. The molecule has 0 radical (unpaired) electrons. The molecular formula is C13H19N3O3S. The molecule has 7 heteroatoms. The van der Waals surface area contributed by atoms with Gasteiger partial charge in [0.25, 0.3) is 0 Å². The van der Waals surface area contributed by atoms with E-state index in [4.69, 9.17) is 0 Å². The third-order valence-electron chi connectivity index (χ3n) is 3.48. The normalized spacial score (nSPS) is 19.0. The SMILES string of the molecule is CNS(=O)(=O)c1ccc(C)c(NC(=O)C2CCNC2)c1. The van der Waals surface area contributed by atoms with E-state index in [9.17, 15) is 13.2 Å². The standard InChI is InChI=1S/C13H19N3O3S/c1-9-3-4-11(20(18,19)14-2)7-12(9)16-13(17)10-5-6-15-8-10/h3-4,7,10,14-15H,5-6,8H2,1-2H3,(H,16,17). The van der Waals surface area contributed by atoms with Crippen molar-refractivity contribution in [1.82, 2.24) is 10.0 Å². The molecule has 1 unspecified atom stereocenters. The van der Waals surface area contributed by atoms with Crippen molar-refractivity contribution in [3.05, 3.63) is 23.8 Å². The molecule has 3 N–H and O–H groups in total. The van der Waals surface area contributed by atoms with Crippen LogP contribution in [0.15, 0.2) is 23.1 Å². The lowest BCUT2D eigenvalue weighted by molar-refractivity contribution is -0.119. The highest BCUT2D eigenvalue weighted by atomic mass is 32.2. The molecule has 1 aliphatic rings. The van der Waals surface area contributed by atoms with Gasteiger partial charge in [0.15, 0.2) is 0 Å². The van der Waals surface area contributed by atoms with E-state index < -0.39 is 10.0 Å². The van der Waals surface area contributed by atoms with Gasteiger partial charge in [0.05, 0.1) is 10.8 Å². The number of carbonyl (C=O) groups excluding carboxylic acids is 1. The quantitative estimate of drug-likeness (QED) is 0.753. The van der Waals surface area contributed by atoms with Gasteiger partial charge in [0.1, 0.15) is 0 Å². The Morgan fingerprint density at radius 1 is 1.40 bits per heavy atom. The van der Waals surface area contributed by atoms with Crippen LogP contribution in [0.3, 0.4) is 0 Å². The van der Waals surface area contributed by atoms with Crippen molar-refractivity contribution in [2.75, 3.05) is 25.5 Å². The molecule has 1 saturated heterocycles. The summed E-state index contributed by atoms with van der Waals surface area (Å²) in [6.07, 6.45) is 0.805. The Kier molecular flexibility index (Phi) is 4.42. The van der Waals surface area contributed by atoms with Gasteiger partial charge in [-0.3, -0.25) is 4.79 Å². The molecular weight excluding hydrogens is 278 g/mol. The summed E-state index contributed by atoms with van der Waals surface area (Å²) in [6, 6.07) is 4.70. The lowest BCUT2D eigenvalue weighted by Crippen LogP contribution is -2.25. The summed E-state index contributed by atoms with van der Waals surface area (Å²) in [5.41, 5.74) is 1.37. The predicted molar refractivity (Wildman–Crippen MR) is 77.0 cm³/mol. The summed E-state index contributed by atoms with van der Waals surface area (Å²) < 4.78 is 25.8. The lowest BCUT2D eigenvalue weighted by atomic mass is 10.1. The van der Waals surface area contributed by atoms with Crippen molar-refractivity contribution in [1.29, 1.82) is 0 Å². The average molecular weight is 297 g/mol. The van der Waals surface area contributed by atoms with E-state index in [2.05, 4.69) is 15.4 Å². The van der Waals surface area contributed by atoms with Crippen molar-refractivity contribution >= 4 is 21.6 Å². The van der Waals surface area contributed by atoms with Gasteiger partial charge in [0, 0.05) is 12.2 Å². The van der Waals surface area contributed by atoms with E-state index in [1.807, 2.05) is 6.92 Å². The Bertz CT molecular complexity index is 607. The molecule has 0 saturated carbocycles. The van der Waals surface area contributed by atoms with E-state index in [1.54, 1.807) is 6.07 Å². The first kappa shape index (κ1) is 15.0. The Morgan fingerprint density at radius 2 is 2.15 bits per heavy atom. The number of hydrogen-bond donors (Lipinski definition) is 3. The molecule has 0 aromatic heterocycles. The zero-order chi connectivity index (χ0) is 14.8. The highest BCUT2D eigenvalue weighted by molar-refractivity contribution is 7.89. The van der Waals surface area contributed by atoms with Gasteiger partial charge in [0.2, 0.25) is 15.9 Å². The van der Waals surface area contributed by atoms with Gasteiger partial charge in [-0.15, -0.1) is 0 Å². The fourth-order valence-electron chi connectivity index (χ4n) is 2.13. The second kappa shape index (κ2) is 5.90. The smallest absolute Gasteiger partial charge is 0.240 e. The topological polar surface area (TPSA) is 87.3 Å². The molecule has 1 aromatic rings. The molecule has 6 nitrogen and oxygen atoms in total. The second-order valence-corrected chi connectivity index (χ2v) is 6.75. The molecule has 1 atom stereocenters. The van der Waals surface area contributed by atoms with Crippen molar-refractivity contribution in [2.45, 2.75) is 18.2 Å². The zero-order valence-corrected chi connectivity index (χ0v) is 12.4. The minimum Gasteiger partial charge on any atom is -0.326 e. The Hall–Kier alpha value is -1.44. The van der Waals surface area contributed by atoms with E-state index >= 15 is 0 Å². The molecule has 1 aliphatic heterocycles. The van der Waals surface area contributed by atoms with Crippen LogP contribution in [0.4, 0.5) is 5.69 Å². The Balaban J connectivity index is 2.23. The van der Waals surface area contributed by atoms with Crippen LogP contribution in [0.5, 0.6) is 0 Å². The first-order valence-corrected chi connectivity index (χ1v) is 7.98. The zero-order valence-electron chi connectivity index (χ0n) is 11.6. The summed E-state index contributed by atoms with van der Waals surface area (Å²) in [7, 11) is -2.15. The van der Waals surface area contributed by atoms with Gasteiger partial charge in [-0.1, -0.05) is 6.07 Å². The molecule has 2 rings (SSSR count). The number of aryl methyl sites for hydroxylation is 1. The Labute approximate surface area is 119 Å². The van der Waals surface area contributed by atoms with Crippen molar-refractivity contribution in [2.24, 2.45) is 5.92 Å². The number of hydrogen-bond acceptors (Lipinski definition) is 4. The second-order valence-electron chi connectivity index (χ2n) is 4.86. The van der Waals surface area contributed by atoms with Crippen LogP contribution in [-0.4, -0.2) is 34.5 Å². The number of amides is 1. The predicted octanol–water partition coefficient (Wildman–Crippen LogP) is 0.451. The summed E-state index contributed by atoms with van der Waals surface area (Å²) >= 11 is 0. The van der Waals surface area contributed by atoms with E-state index in [0.717, 1.165) is 18.5 Å². The maximum absolute atomic E-state index is 12.1. The highest BCUT2D eigenvalue weighted by Gasteiger charge is 2.23. The van der Waals surface area contributed by atoms with Crippen LogP contribution in [0, 0.1) is 12.8 Å². The molecule has 0 aliphatic carbocycles. The van der Waals surface area contributed by atoms with Gasteiger partial charge < -0.3 is 10.6 Å². The number of sulfonamides is 1. The van der Waals surface area contributed by atoms with E-state index in [1.165, 1.54) is 19.2 Å². The van der Waals surface area contributed by atoms with Gasteiger partial charge in [-0.25, -0.2) is 13.1 Å². The van der Waals surface area contributed by atoms with Gasteiger partial charge >= 0.3 is 0 Å². The third kappa shape index (κ3) is 3.17. The van der Waals surface area contributed by atoms with Gasteiger partial charge in [-0.2, -0.15) is 0 Å². The van der Waals surface area contributed by atoms with Crippen molar-refractivity contribution in [3.63, 3.8) is 0 Å². The van der Waals surface area contributed by atoms with E-state index in [0.29, 0.717) is 12.2 Å². The summed E-state index contributed by atoms with van der Waals surface area (Å²) in [4.78, 5) is 12.2. The monoisotopic (exact) mass is 297 g/mol. The molecule has 0 bridgehead atoms. The third-order valence-corrected chi connectivity index (χ3v) is 4.89. The van der Waals surface area contributed by atoms with Crippen LogP contribution in [0.2, 0.25) is 0 Å². The summed E-state index contributed by atoms with van der Waals surface area (Å²) in [5, 5.41) is 5.95. The first-order chi connectivity index (χ1) is 9.44. The number of rotatable bonds is 4. The molecule has 110 valence electrons. The minimum absolute atomic E-state index is 0.0565. The van der Waals surface area contributed by atoms with Crippen LogP contribution in [-0.2, 0) is 14.8 Å². The van der Waals surface area contributed by atoms with E-state index in [-0.39, 0.29) is 16.7 Å². The maximum atomic E-state index is 12.1. The number of nitrogens with one attached hydrogen (secondary N) is 3. The summed E-state index contributed by atoms with van der Waals surface area (Å²) in [6.45, 7) is 3.34. The minimum atomic E-state index is -3.51. The largest absolute Gasteiger partial charge is 0.326 e. The number of benzene rings is 1. The number of carbonyl (C=O) groups is 1. The molecule has 20 heavy (non-hydrogen) atoms. The van der Waals surface area contributed by atoms with Gasteiger partial charge in [-0.05, 0) is 44.6 Å². The maximum Gasteiger partial charge on any atom is 0.240 e. The van der Waals surface area contributed by atoms with Crippen LogP contribution in [0.1, 0.15) is 12.0 Å². The fourth-order valence-corrected chi connectivity index (χ4v) is 2.89. The lowest BCUT2D eigenvalue weighted by Gasteiger charge is -2.13. The molecule has 1 amide bonds. The van der Waals surface area contributed by atoms with Crippen LogP contribution < -0.4 is 15.4 Å². The molecule has 1 heterocycles. The van der Waals surface area contributed by atoms with Crippen molar-refractivity contribution < 1.29 is 13.2 Å². The fraction of sp³-hybridized carbons (Fsp3) is 0.462. The average Bonchev–Trinajstić information content (AvgIpc) is 2.95. The van der Waals surface area contributed by atoms with Crippen LogP contribution >= 0.6 is 0 Å². The first-order valence-electron chi connectivity index (χ1n) is 6.50. The summed E-state index contributed by atoms with van der Waals surface area (Å²) in [5.74, 6) is -0.129. The Morgan fingerprint density at radius 3 is 2.75 bits per heavy atom. The highest BCUT2D eigenvalue weighted by Crippen LogP contribution is 2.21. The van der Waals surface area contributed by atoms with Crippen molar-refractivity contribution in [3.8, 4) is 0 Å². The molecule has 0 spiro atoms. The van der Waals surface area contributed by atoms with Crippen LogP contribution in [0.25, 0.3) is 0 Å².